The predicted octanol–water partition coefficient (Wildman–Crippen LogP) is -1.83. The third-order valence-corrected chi connectivity index (χ3v) is 8.84. The van der Waals surface area contributed by atoms with Crippen molar-refractivity contribution in [3.8, 4) is 0 Å². The number of carbonyl (C=O) groups is 3. The highest BCUT2D eigenvalue weighted by molar-refractivity contribution is 7.88. The molecule has 16 nitrogen and oxygen atoms in total. The van der Waals surface area contributed by atoms with Crippen molar-refractivity contribution >= 4 is 39.7 Å². The third kappa shape index (κ3) is 9.52. The third-order valence-electron chi connectivity index (χ3n) is 7.51. The number of benzene rings is 1. The monoisotopic (exact) mass is 623 g/mol. The number of carbonyl (C=O) groups excluding carboxylic acids is 3. The van der Waals surface area contributed by atoms with E-state index in [0.717, 1.165) is 0 Å². The van der Waals surface area contributed by atoms with Crippen LogP contribution in [-0.4, -0.2) is 105 Å². The summed E-state index contributed by atoms with van der Waals surface area (Å²) in [7, 11) is -2.99. The van der Waals surface area contributed by atoms with Gasteiger partial charge in [0.1, 0.15) is 12.3 Å². The molecule has 0 saturated carbocycles. The van der Waals surface area contributed by atoms with E-state index in [1.807, 2.05) is 0 Å². The number of piperidine rings is 2. The average molecular weight is 624 g/mol. The Morgan fingerprint density at radius 2 is 1.81 bits per heavy atom. The minimum atomic E-state index is -4.18. The molecule has 3 rings (SSSR count). The average Bonchev–Trinajstić information content (AvgIpc) is 2.96. The van der Waals surface area contributed by atoms with Gasteiger partial charge in [-0.2, -0.15) is 0 Å². The summed E-state index contributed by atoms with van der Waals surface area (Å²) in [4.78, 5) is 41.0. The van der Waals surface area contributed by atoms with Crippen LogP contribution in [0.5, 0.6) is 0 Å². The highest BCUT2D eigenvalue weighted by Gasteiger charge is 2.33. The fourth-order valence-corrected chi connectivity index (χ4v) is 6.76. The number of rotatable bonds is 11. The molecule has 1 unspecified atom stereocenters. The van der Waals surface area contributed by atoms with Crippen molar-refractivity contribution in [1.29, 1.82) is 10.8 Å². The second-order valence-electron chi connectivity index (χ2n) is 10.7. The summed E-state index contributed by atoms with van der Waals surface area (Å²) >= 11 is 0. The number of hydrogen-bond acceptors (Lipinski definition) is 9. The quantitative estimate of drug-likeness (QED) is 0.0772. The number of nitrogens with one attached hydrogen (secondary N) is 5. The first-order valence-electron chi connectivity index (χ1n) is 13.9. The van der Waals surface area contributed by atoms with Gasteiger partial charge in [0.05, 0.1) is 31.0 Å². The maximum Gasteiger partial charge on any atom is 0.338 e. The van der Waals surface area contributed by atoms with Crippen LogP contribution >= 0.6 is 0 Å². The molecular formula is C26H41N9O7S. The Morgan fingerprint density at radius 3 is 2.49 bits per heavy atom. The van der Waals surface area contributed by atoms with E-state index in [2.05, 4.69) is 15.4 Å². The lowest BCUT2D eigenvalue weighted by Gasteiger charge is -2.38. The predicted molar refractivity (Wildman–Crippen MR) is 157 cm³/mol. The molecule has 1 aromatic rings. The first-order chi connectivity index (χ1) is 20.3. The minimum Gasteiger partial charge on any atom is -0.465 e. The largest absolute Gasteiger partial charge is 0.465 e. The Kier molecular flexibility index (Phi) is 11.7. The van der Waals surface area contributed by atoms with Crippen LogP contribution < -0.4 is 26.8 Å². The van der Waals surface area contributed by atoms with E-state index < -0.39 is 58.4 Å². The van der Waals surface area contributed by atoms with Gasteiger partial charge in [-0.3, -0.25) is 20.4 Å². The molecule has 17 heteroatoms. The standard InChI is InChI=1S/C26H41N9O7S/c1-42-24(39)18-8-3-2-7-17(18)15-43(40,41)33-20(12-16-6-4-10-34(14-16)25(27)28)22(37)31-13-21(36)32-19-9-5-11-35(23(19)38)26(29)30/h2-3,7-8,16,19-20,23,33,38H,4-6,9-15H2,1H3,(H3,27,28)(H3,29,30)(H,31,37)(H,32,36)/t16?,19-,20+,23+/m0/s1. The van der Waals surface area contributed by atoms with Gasteiger partial charge < -0.3 is 41.7 Å². The first-order valence-corrected chi connectivity index (χ1v) is 15.6. The molecule has 2 amide bonds. The number of amides is 2. The topological polar surface area (TPSA) is 257 Å². The Labute approximate surface area is 250 Å². The Bertz CT molecular complexity index is 1310. The molecule has 1 aromatic carbocycles. The number of aliphatic hydroxyl groups excluding tert-OH is 1. The molecule has 2 saturated heterocycles. The lowest BCUT2D eigenvalue weighted by atomic mass is 9.91. The SMILES string of the molecule is COC(=O)c1ccccc1CS(=O)(=O)N[C@H](CC1CCCN(C(=N)N)C1)C(=O)NCC(=O)N[C@H]1CCCN(C(=N)N)[C@@H]1O. The summed E-state index contributed by atoms with van der Waals surface area (Å²) < 4.78 is 33.7. The van der Waals surface area contributed by atoms with E-state index in [4.69, 9.17) is 27.0 Å². The van der Waals surface area contributed by atoms with Crippen LogP contribution in [0.15, 0.2) is 24.3 Å². The van der Waals surface area contributed by atoms with Gasteiger partial charge in [-0.25, -0.2) is 17.9 Å². The number of aliphatic hydroxyl groups is 1. The fourth-order valence-electron chi connectivity index (χ4n) is 5.37. The van der Waals surface area contributed by atoms with Gasteiger partial charge >= 0.3 is 5.97 Å². The molecule has 43 heavy (non-hydrogen) atoms. The van der Waals surface area contributed by atoms with Gasteiger partial charge in [0, 0.05) is 19.6 Å². The molecule has 0 radical (unpaired) electrons. The number of likely N-dealkylation sites (tertiary alicyclic amines) is 2. The Morgan fingerprint density at radius 1 is 1.12 bits per heavy atom. The number of guanidine groups is 2. The molecule has 0 spiro atoms. The minimum absolute atomic E-state index is 0.0734. The maximum atomic E-state index is 13.3. The lowest BCUT2D eigenvalue weighted by Crippen LogP contribution is -2.59. The van der Waals surface area contributed by atoms with Gasteiger partial charge in [-0.15, -0.1) is 0 Å². The van der Waals surface area contributed by atoms with Gasteiger partial charge in [0.2, 0.25) is 21.8 Å². The maximum absolute atomic E-state index is 13.3. The number of esters is 1. The summed E-state index contributed by atoms with van der Waals surface area (Å²) in [6.07, 6.45) is 1.26. The second-order valence-corrected chi connectivity index (χ2v) is 12.4. The van der Waals surface area contributed by atoms with Crippen molar-refractivity contribution in [3.05, 3.63) is 35.4 Å². The van der Waals surface area contributed by atoms with Crippen LogP contribution in [0.25, 0.3) is 0 Å². The molecule has 0 aliphatic carbocycles. The summed E-state index contributed by atoms with van der Waals surface area (Å²) in [5.41, 5.74) is 11.4. The zero-order chi connectivity index (χ0) is 31.7. The second kappa shape index (κ2) is 15.0. The zero-order valence-corrected chi connectivity index (χ0v) is 24.9. The highest BCUT2D eigenvalue weighted by atomic mass is 32.2. The van der Waals surface area contributed by atoms with E-state index >= 15 is 0 Å². The summed E-state index contributed by atoms with van der Waals surface area (Å²) in [5, 5.41) is 30.9. The van der Waals surface area contributed by atoms with E-state index in [1.165, 1.54) is 24.1 Å². The van der Waals surface area contributed by atoms with E-state index in [0.29, 0.717) is 45.3 Å². The Hall–Kier alpha value is -3.96. The van der Waals surface area contributed by atoms with Crippen molar-refractivity contribution in [3.63, 3.8) is 0 Å². The van der Waals surface area contributed by atoms with Crippen molar-refractivity contribution in [2.24, 2.45) is 17.4 Å². The summed E-state index contributed by atoms with van der Waals surface area (Å²) in [6, 6.07) is 4.09. The summed E-state index contributed by atoms with van der Waals surface area (Å²) in [5.74, 6) is -3.27. The molecule has 0 bridgehead atoms. The van der Waals surface area contributed by atoms with Gasteiger partial charge in [-0.05, 0) is 49.7 Å². The van der Waals surface area contributed by atoms with Crippen molar-refractivity contribution in [1.82, 2.24) is 25.2 Å². The van der Waals surface area contributed by atoms with E-state index in [9.17, 15) is 27.9 Å². The van der Waals surface area contributed by atoms with Gasteiger partial charge in [0.25, 0.3) is 0 Å². The zero-order valence-electron chi connectivity index (χ0n) is 24.0. The van der Waals surface area contributed by atoms with Crippen LogP contribution in [0, 0.1) is 16.7 Å². The molecule has 4 atom stereocenters. The smallest absolute Gasteiger partial charge is 0.338 e. The molecule has 238 valence electrons. The van der Waals surface area contributed by atoms with Gasteiger partial charge in [0.15, 0.2) is 11.9 Å². The van der Waals surface area contributed by atoms with Crippen LogP contribution in [-0.2, 0) is 30.1 Å². The summed E-state index contributed by atoms with van der Waals surface area (Å²) in [6.45, 7) is 0.815. The van der Waals surface area contributed by atoms with Gasteiger partial charge in [-0.1, -0.05) is 18.2 Å². The van der Waals surface area contributed by atoms with Crippen molar-refractivity contribution < 1.29 is 32.6 Å². The normalized spacial score (nSPS) is 21.4. The number of methoxy groups -OCH3 is 1. The molecule has 0 aromatic heterocycles. The molecule has 10 N–H and O–H groups in total. The highest BCUT2D eigenvalue weighted by Crippen LogP contribution is 2.22. The van der Waals surface area contributed by atoms with E-state index in [1.54, 1.807) is 17.0 Å². The first kappa shape index (κ1) is 33.5. The molecular weight excluding hydrogens is 582 g/mol. The Balaban J connectivity index is 1.71. The molecule has 2 aliphatic rings. The number of nitrogens with two attached hydrogens (primary N) is 2. The number of sulfonamides is 1. The van der Waals surface area contributed by atoms with Crippen LogP contribution in [0.4, 0.5) is 0 Å². The van der Waals surface area contributed by atoms with Crippen LogP contribution in [0.1, 0.15) is 48.0 Å². The van der Waals surface area contributed by atoms with E-state index in [-0.39, 0.29) is 35.4 Å². The number of hydrogen-bond donors (Lipinski definition) is 8. The van der Waals surface area contributed by atoms with Crippen LogP contribution in [0.3, 0.4) is 0 Å². The van der Waals surface area contributed by atoms with Crippen molar-refractivity contribution in [2.75, 3.05) is 33.3 Å². The fraction of sp³-hybridized carbons (Fsp3) is 0.577. The molecule has 2 aliphatic heterocycles. The van der Waals surface area contributed by atoms with Crippen molar-refractivity contribution in [2.45, 2.75) is 56.2 Å². The number of nitrogens with zero attached hydrogens (tertiary/aromatic N) is 2. The molecule has 2 fully saturated rings. The molecule has 2 heterocycles. The number of ether oxygens (including phenoxy) is 1. The lowest BCUT2D eigenvalue weighted by molar-refractivity contribution is -0.128. The van der Waals surface area contributed by atoms with Crippen LogP contribution in [0.2, 0.25) is 0 Å².